The first kappa shape index (κ1) is 19.2. The Hall–Kier alpha value is -2.09. The molecule has 1 aliphatic heterocycles. The Kier molecular flexibility index (Phi) is 5.31. The van der Waals surface area contributed by atoms with Crippen molar-refractivity contribution in [2.24, 2.45) is 0 Å². The number of carbonyl (C=O) groups is 1. The predicted molar refractivity (Wildman–Crippen MR) is 109 cm³/mol. The molecule has 3 N–H and O–H groups in total. The number of benzene rings is 2. The van der Waals surface area contributed by atoms with Gasteiger partial charge in [-0.1, -0.05) is 42.6 Å². The molecule has 8 heteroatoms. The molecule has 0 aromatic heterocycles. The molecule has 1 aliphatic carbocycles. The molecule has 28 heavy (non-hydrogen) atoms. The van der Waals surface area contributed by atoms with Crippen LogP contribution in [0.5, 0.6) is 0 Å². The number of nitrogens with one attached hydrogen (secondary N) is 3. The average molecular weight is 420 g/mol. The zero-order valence-electron chi connectivity index (χ0n) is 15.2. The molecule has 2 fully saturated rings. The molecular weight excluding hydrogens is 398 g/mol. The van der Waals surface area contributed by atoms with Crippen LogP contribution < -0.4 is 15.4 Å². The van der Waals surface area contributed by atoms with Crippen molar-refractivity contribution in [1.29, 1.82) is 0 Å². The maximum absolute atomic E-state index is 12.8. The van der Waals surface area contributed by atoms with E-state index in [1.807, 2.05) is 0 Å². The summed E-state index contributed by atoms with van der Waals surface area (Å²) in [5, 5.41) is 6.94. The smallest absolute Gasteiger partial charge is 0.261 e. The van der Waals surface area contributed by atoms with Gasteiger partial charge >= 0.3 is 0 Å². The predicted octanol–water partition coefficient (Wildman–Crippen LogP) is 3.21. The second-order valence-electron chi connectivity index (χ2n) is 7.26. The third-order valence-corrected chi connectivity index (χ3v) is 6.98. The van der Waals surface area contributed by atoms with E-state index in [1.54, 1.807) is 36.4 Å². The van der Waals surface area contributed by atoms with Gasteiger partial charge in [-0.25, -0.2) is 8.42 Å². The number of hydrogen-bond acceptors (Lipinski definition) is 4. The summed E-state index contributed by atoms with van der Waals surface area (Å²) >= 11 is 6.17. The first-order chi connectivity index (χ1) is 13.4. The molecule has 0 radical (unpaired) electrons. The Balaban J connectivity index is 1.66. The van der Waals surface area contributed by atoms with Gasteiger partial charge in [-0.15, -0.1) is 0 Å². The van der Waals surface area contributed by atoms with E-state index in [2.05, 4.69) is 15.4 Å². The summed E-state index contributed by atoms with van der Waals surface area (Å²) in [6.45, 7) is 0. The highest BCUT2D eigenvalue weighted by Gasteiger charge is 2.38. The van der Waals surface area contributed by atoms with Crippen molar-refractivity contribution in [2.45, 2.75) is 48.7 Å². The van der Waals surface area contributed by atoms with Crippen LogP contribution >= 0.6 is 11.6 Å². The highest BCUT2D eigenvalue weighted by molar-refractivity contribution is 7.92. The number of carbonyl (C=O) groups excluding carboxylic acids is 1. The quantitative estimate of drug-likeness (QED) is 0.710. The number of fused-ring (bicyclic) bond motifs is 1. The van der Waals surface area contributed by atoms with Gasteiger partial charge in [0.1, 0.15) is 6.04 Å². The number of rotatable bonds is 4. The third-order valence-electron chi connectivity index (χ3n) is 5.36. The van der Waals surface area contributed by atoms with Crippen LogP contribution in [-0.2, 0) is 14.8 Å². The Morgan fingerprint density at radius 2 is 1.71 bits per heavy atom. The maximum Gasteiger partial charge on any atom is 0.261 e. The molecule has 3 unspecified atom stereocenters. The van der Waals surface area contributed by atoms with E-state index >= 15 is 0 Å². The van der Waals surface area contributed by atoms with Gasteiger partial charge in [0, 0.05) is 22.7 Å². The Morgan fingerprint density at radius 3 is 2.46 bits per heavy atom. The van der Waals surface area contributed by atoms with E-state index in [-0.39, 0.29) is 22.9 Å². The van der Waals surface area contributed by atoms with Crippen molar-refractivity contribution in [2.75, 3.05) is 4.72 Å². The molecule has 1 saturated carbocycles. The zero-order valence-corrected chi connectivity index (χ0v) is 16.8. The number of sulfonamides is 1. The normalized spacial score (nSPS) is 24.9. The maximum atomic E-state index is 12.8. The van der Waals surface area contributed by atoms with E-state index < -0.39 is 16.1 Å². The number of amides is 1. The van der Waals surface area contributed by atoms with E-state index in [0.717, 1.165) is 25.7 Å². The third kappa shape index (κ3) is 3.87. The number of piperazine rings is 1. The van der Waals surface area contributed by atoms with Crippen molar-refractivity contribution in [3.8, 4) is 0 Å². The van der Waals surface area contributed by atoms with Crippen LogP contribution in [0.15, 0.2) is 53.4 Å². The summed E-state index contributed by atoms with van der Waals surface area (Å²) in [6.07, 6.45) is 4.15. The minimum atomic E-state index is -3.78. The van der Waals surface area contributed by atoms with Crippen LogP contribution in [0.4, 0.5) is 5.69 Å². The minimum Gasteiger partial charge on any atom is -0.350 e. The van der Waals surface area contributed by atoms with Crippen LogP contribution in [0.2, 0.25) is 5.02 Å². The highest BCUT2D eigenvalue weighted by Crippen LogP contribution is 2.33. The lowest BCUT2D eigenvalue weighted by atomic mass is 9.86. The first-order valence-electron chi connectivity index (χ1n) is 9.38. The Bertz CT molecular complexity index is 981. The van der Waals surface area contributed by atoms with Gasteiger partial charge in [-0.2, -0.15) is 0 Å². The standard InChI is InChI=1S/C20H22ClN3O3S/c21-13-10-11-16(24-28(26,27)14-6-2-1-3-7-14)15(12-13)19-20(25)23-18-9-5-4-8-17(18)22-19/h1-3,6-7,10-12,17-19,22,24H,4-5,8-9H2,(H,23,25). The molecule has 4 rings (SSSR count). The molecule has 1 amide bonds. The van der Waals surface area contributed by atoms with Crippen molar-refractivity contribution in [1.82, 2.24) is 10.6 Å². The topological polar surface area (TPSA) is 87.3 Å². The van der Waals surface area contributed by atoms with Gasteiger partial charge in [0.25, 0.3) is 10.0 Å². The first-order valence-corrected chi connectivity index (χ1v) is 11.2. The lowest BCUT2D eigenvalue weighted by molar-refractivity contribution is -0.127. The summed E-state index contributed by atoms with van der Waals surface area (Å²) < 4.78 is 28.1. The fourth-order valence-corrected chi connectivity index (χ4v) is 5.25. The molecule has 1 heterocycles. The van der Waals surface area contributed by atoms with Crippen LogP contribution in [0.1, 0.15) is 37.3 Å². The van der Waals surface area contributed by atoms with Gasteiger partial charge in [-0.05, 0) is 43.2 Å². The Labute approximate surface area is 169 Å². The number of halogens is 1. The second-order valence-corrected chi connectivity index (χ2v) is 9.37. The zero-order chi connectivity index (χ0) is 19.7. The summed E-state index contributed by atoms with van der Waals surface area (Å²) in [6, 6.07) is 12.6. The van der Waals surface area contributed by atoms with Crippen LogP contribution in [0.3, 0.4) is 0 Å². The average Bonchev–Trinajstić information content (AvgIpc) is 2.69. The van der Waals surface area contributed by atoms with Crippen molar-refractivity contribution >= 4 is 33.2 Å². The molecule has 0 spiro atoms. The summed E-state index contributed by atoms with van der Waals surface area (Å²) in [5.74, 6) is -0.162. The fraction of sp³-hybridized carbons (Fsp3) is 0.350. The van der Waals surface area contributed by atoms with Gasteiger partial charge in [0.15, 0.2) is 0 Å². The molecule has 1 saturated heterocycles. The molecular formula is C20H22ClN3O3S. The monoisotopic (exact) mass is 419 g/mol. The molecule has 148 valence electrons. The van der Waals surface area contributed by atoms with Crippen molar-refractivity contribution in [3.05, 3.63) is 59.1 Å². The summed E-state index contributed by atoms with van der Waals surface area (Å²) in [5.41, 5.74) is 0.865. The molecule has 3 atom stereocenters. The number of hydrogen-bond donors (Lipinski definition) is 3. The minimum absolute atomic E-state index is 0.126. The van der Waals surface area contributed by atoms with E-state index in [0.29, 0.717) is 16.3 Å². The van der Waals surface area contributed by atoms with Crippen molar-refractivity contribution in [3.63, 3.8) is 0 Å². The molecule has 2 aliphatic rings. The van der Waals surface area contributed by atoms with Gasteiger partial charge < -0.3 is 5.32 Å². The van der Waals surface area contributed by atoms with E-state index in [9.17, 15) is 13.2 Å². The molecule has 0 bridgehead atoms. The molecule has 6 nitrogen and oxygen atoms in total. The molecule has 2 aromatic rings. The van der Waals surface area contributed by atoms with Crippen LogP contribution in [0, 0.1) is 0 Å². The van der Waals surface area contributed by atoms with Gasteiger partial charge in [0.05, 0.1) is 10.6 Å². The molecule has 2 aromatic carbocycles. The fourth-order valence-electron chi connectivity index (χ4n) is 3.96. The van der Waals surface area contributed by atoms with E-state index in [4.69, 9.17) is 11.6 Å². The summed E-state index contributed by atoms with van der Waals surface area (Å²) in [4.78, 5) is 12.9. The largest absolute Gasteiger partial charge is 0.350 e. The summed E-state index contributed by atoms with van der Waals surface area (Å²) in [7, 11) is -3.78. The van der Waals surface area contributed by atoms with Gasteiger partial charge in [0.2, 0.25) is 5.91 Å². The van der Waals surface area contributed by atoms with Gasteiger partial charge in [-0.3, -0.25) is 14.8 Å². The Morgan fingerprint density at radius 1 is 1.00 bits per heavy atom. The van der Waals surface area contributed by atoms with Crippen LogP contribution in [0.25, 0.3) is 0 Å². The second kappa shape index (κ2) is 7.73. The van der Waals surface area contributed by atoms with E-state index in [1.165, 1.54) is 12.1 Å². The van der Waals surface area contributed by atoms with Crippen LogP contribution in [-0.4, -0.2) is 26.4 Å². The highest BCUT2D eigenvalue weighted by atomic mass is 35.5. The lowest BCUT2D eigenvalue weighted by Crippen LogP contribution is -2.61. The number of anilines is 1. The lowest BCUT2D eigenvalue weighted by Gasteiger charge is -2.41. The SMILES string of the molecule is O=C1NC2CCCCC2NC1c1cc(Cl)ccc1NS(=O)(=O)c1ccccc1. The van der Waals surface area contributed by atoms with Crippen molar-refractivity contribution < 1.29 is 13.2 Å².